The van der Waals surface area contributed by atoms with Crippen LogP contribution in [0.3, 0.4) is 0 Å². The van der Waals surface area contributed by atoms with Crippen LogP contribution >= 0.6 is 0 Å². The van der Waals surface area contributed by atoms with Crippen LogP contribution in [-0.4, -0.2) is 37.0 Å². The van der Waals surface area contributed by atoms with E-state index in [1.807, 2.05) is 6.92 Å². The Morgan fingerprint density at radius 1 is 1.50 bits per heavy atom. The molecule has 4 nitrogen and oxygen atoms in total. The largest absolute Gasteiger partial charge is 0.490 e. The van der Waals surface area contributed by atoms with E-state index in [1.165, 1.54) is 12.1 Å². The molecule has 0 heterocycles. The number of hydrogen-bond acceptors (Lipinski definition) is 3. The number of nitrogens with zero attached hydrogens (tertiary/aromatic N) is 1. The molecule has 0 saturated carbocycles. The number of rotatable bonds is 6. The molecule has 1 rings (SSSR count). The number of para-hydroxylation sites is 1. The number of amides is 1. The van der Waals surface area contributed by atoms with Gasteiger partial charge in [0.15, 0.2) is 11.6 Å². The molecule has 1 aromatic rings. The van der Waals surface area contributed by atoms with Crippen molar-refractivity contribution in [3.05, 3.63) is 30.1 Å². The van der Waals surface area contributed by atoms with Gasteiger partial charge in [-0.2, -0.15) is 0 Å². The third kappa shape index (κ3) is 4.00. The highest BCUT2D eigenvalue weighted by Crippen LogP contribution is 2.15. The highest BCUT2D eigenvalue weighted by molar-refractivity contribution is 5.76. The van der Waals surface area contributed by atoms with Gasteiger partial charge < -0.3 is 15.4 Å². The normalized spacial score (nSPS) is 12.0. The average Bonchev–Trinajstić information content (AvgIpc) is 2.39. The summed E-state index contributed by atoms with van der Waals surface area (Å²) < 4.78 is 18.4. The summed E-state index contributed by atoms with van der Waals surface area (Å²) in [7, 11) is 1.70. The Morgan fingerprint density at radius 3 is 2.78 bits per heavy atom. The second-order valence-electron chi connectivity index (χ2n) is 4.12. The van der Waals surface area contributed by atoms with E-state index >= 15 is 0 Å². The molecule has 1 aromatic carbocycles. The van der Waals surface area contributed by atoms with Gasteiger partial charge in [0.05, 0.1) is 13.0 Å². The van der Waals surface area contributed by atoms with E-state index in [0.29, 0.717) is 6.54 Å². The standard InChI is InChI=1S/C13H19FN2O2/c1-10(9-15)16(2)13(17)7-8-18-12-6-4-3-5-11(12)14/h3-6,10H,7-9,15H2,1-2H3. The average molecular weight is 254 g/mol. The summed E-state index contributed by atoms with van der Waals surface area (Å²) in [6, 6.07) is 6.12. The first kappa shape index (κ1) is 14.4. The zero-order valence-electron chi connectivity index (χ0n) is 10.7. The number of likely N-dealkylation sites (N-methyl/N-ethyl adjacent to an activating group) is 1. The van der Waals surface area contributed by atoms with Crippen LogP contribution in [0.4, 0.5) is 4.39 Å². The number of nitrogens with two attached hydrogens (primary N) is 1. The van der Waals surface area contributed by atoms with E-state index in [0.717, 1.165) is 0 Å². The molecule has 100 valence electrons. The Morgan fingerprint density at radius 2 is 2.17 bits per heavy atom. The van der Waals surface area contributed by atoms with Crippen LogP contribution in [0.2, 0.25) is 0 Å². The lowest BCUT2D eigenvalue weighted by molar-refractivity contribution is -0.132. The summed E-state index contributed by atoms with van der Waals surface area (Å²) in [5.74, 6) is -0.322. The lowest BCUT2D eigenvalue weighted by atomic mass is 10.2. The van der Waals surface area contributed by atoms with Crippen molar-refractivity contribution in [3.8, 4) is 5.75 Å². The van der Waals surface area contributed by atoms with Crippen molar-refractivity contribution in [2.24, 2.45) is 5.73 Å². The van der Waals surface area contributed by atoms with Gasteiger partial charge in [-0.3, -0.25) is 4.79 Å². The maximum atomic E-state index is 13.2. The molecule has 0 radical (unpaired) electrons. The fraction of sp³-hybridized carbons (Fsp3) is 0.462. The molecule has 0 saturated heterocycles. The minimum atomic E-state index is -0.423. The molecule has 0 aliphatic heterocycles. The predicted octanol–water partition coefficient (Wildman–Crippen LogP) is 1.40. The Kier molecular flexibility index (Phi) is 5.58. The first-order valence-electron chi connectivity index (χ1n) is 5.89. The zero-order chi connectivity index (χ0) is 13.5. The van der Waals surface area contributed by atoms with E-state index in [9.17, 15) is 9.18 Å². The Balaban J connectivity index is 2.38. The maximum absolute atomic E-state index is 13.2. The molecule has 0 spiro atoms. The zero-order valence-corrected chi connectivity index (χ0v) is 10.7. The molecule has 1 atom stereocenters. The molecule has 18 heavy (non-hydrogen) atoms. The van der Waals surface area contributed by atoms with Crippen LogP contribution in [0, 0.1) is 5.82 Å². The van der Waals surface area contributed by atoms with Crippen molar-refractivity contribution < 1.29 is 13.9 Å². The summed E-state index contributed by atoms with van der Waals surface area (Å²) in [4.78, 5) is 13.3. The molecule has 5 heteroatoms. The number of hydrogen-bond donors (Lipinski definition) is 1. The van der Waals surface area contributed by atoms with Crippen molar-refractivity contribution in [1.82, 2.24) is 4.90 Å². The van der Waals surface area contributed by atoms with Gasteiger partial charge in [0.25, 0.3) is 0 Å². The smallest absolute Gasteiger partial charge is 0.226 e. The van der Waals surface area contributed by atoms with Gasteiger partial charge in [0.2, 0.25) is 5.91 Å². The molecule has 1 amide bonds. The Bertz CT molecular complexity index is 398. The van der Waals surface area contributed by atoms with Crippen molar-refractivity contribution in [2.75, 3.05) is 20.2 Å². The highest BCUT2D eigenvalue weighted by atomic mass is 19.1. The molecular weight excluding hydrogens is 235 g/mol. The van der Waals surface area contributed by atoms with Crippen molar-refractivity contribution >= 4 is 5.91 Å². The van der Waals surface area contributed by atoms with Gasteiger partial charge in [0, 0.05) is 19.6 Å². The first-order valence-corrected chi connectivity index (χ1v) is 5.89. The van der Waals surface area contributed by atoms with Crippen molar-refractivity contribution in [1.29, 1.82) is 0 Å². The van der Waals surface area contributed by atoms with Crippen LogP contribution < -0.4 is 10.5 Å². The van der Waals surface area contributed by atoms with Gasteiger partial charge in [-0.05, 0) is 19.1 Å². The molecule has 0 aliphatic carbocycles. The van der Waals surface area contributed by atoms with E-state index in [4.69, 9.17) is 10.5 Å². The number of halogens is 1. The molecular formula is C13H19FN2O2. The summed E-state index contributed by atoms with van der Waals surface area (Å²) >= 11 is 0. The molecule has 1 unspecified atom stereocenters. The molecule has 0 bridgehead atoms. The van der Waals surface area contributed by atoms with Crippen LogP contribution in [0.5, 0.6) is 5.75 Å². The fourth-order valence-electron chi connectivity index (χ4n) is 1.39. The van der Waals surface area contributed by atoms with Crippen LogP contribution in [-0.2, 0) is 4.79 Å². The van der Waals surface area contributed by atoms with Gasteiger partial charge in [-0.1, -0.05) is 12.1 Å². The van der Waals surface area contributed by atoms with E-state index in [1.54, 1.807) is 24.1 Å². The number of benzene rings is 1. The number of carbonyl (C=O) groups is 1. The van der Waals surface area contributed by atoms with Gasteiger partial charge in [0.1, 0.15) is 0 Å². The van der Waals surface area contributed by atoms with E-state index < -0.39 is 5.82 Å². The maximum Gasteiger partial charge on any atom is 0.226 e. The quantitative estimate of drug-likeness (QED) is 0.835. The van der Waals surface area contributed by atoms with Crippen LogP contribution in [0.25, 0.3) is 0 Å². The van der Waals surface area contributed by atoms with Gasteiger partial charge in [-0.15, -0.1) is 0 Å². The van der Waals surface area contributed by atoms with Crippen LogP contribution in [0.15, 0.2) is 24.3 Å². The third-order valence-corrected chi connectivity index (χ3v) is 2.81. The van der Waals surface area contributed by atoms with E-state index in [-0.39, 0.29) is 30.7 Å². The number of carbonyl (C=O) groups excluding carboxylic acids is 1. The van der Waals surface area contributed by atoms with Gasteiger partial charge >= 0.3 is 0 Å². The molecule has 0 aromatic heterocycles. The molecule has 2 N–H and O–H groups in total. The second kappa shape index (κ2) is 6.96. The minimum Gasteiger partial charge on any atom is -0.490 e. The Labute approximate surface area is 107 Å². The SMILES string of the molecule is CC(CN)N(C)C(=O)CCOc1ccccc1F. The lowest BCUT2D eigenvalue weighted by Crippen LogP contribution is -2.40. The third-order valence-electron chi connectivity index (χ3n) is 2.81. The fourth-order valence-corrected chi connectivity index (χ4v) is 1.39. The summed E-state index contributed by atoms with van der Waals surface area (Å²) in [5, 5.41) is 0. The van der Waals surface area contributed by atoms with E-state index in [2.05, 4.69) is 0 Å². The lowest BCUT2D eigenvalue weighted by Gasteiger charge is -2.23. The van der Waals surface area contributed by atoms with Crippen molar-refractivity contribution in [3.63, 3.8) is 0 Å². The number of ether oxygens (including phenoxy) is 1. The van der Waals surface area contributed by atoms with Crippen LogP contribution in [0.1, 0.15) is 13.3 Å². The minimum absolute atomic E-state index is 0.00837. The van der Waals surface area contributed by atoms with Gasteiger partial charge in [-0.25, -0.2) is 4.39 Å². The summed E-state index contributed by atoms with van der Waals surface area (Å²) in [6.45, 7) is 2.44. The molecule has 0 fully saturated rings. The summed E-state index contributed by atoms with van der Waals surface area (Å²) in [5.41, 5.74) is 5.48. The summed E-state index contributed by atoms with van der Waals surface area (Å²) in [6.07, 6.45) is 0.204. The topological polar surface area (TPSA) is 55.6 Å². The monoisotopic (exact) mass is 254 g/mol. The molecule has 0 aliphatic rings. The predicted molar refractivity (Wildman–Crippen MR) is 67.8 cm³/mol. The first-order chi connectivity index (χ1) is 8.56. The Hall–Kier alpha value is -1.62. The second-order valence-corrected chi connectivity index (χ2v) is 4.12. The highest BCUT2D eigenvalue weighted by Gasteiger charge is 2.14. The van der Waals surface area contributed by atoms with Crippen molar-refractivity contribution in [2.45, 2.75) is 19.4 Å².